The summed E-state index contributed by atoms with van der Waals surface area (Å²) in [5.41, 5.74) is 1.60. The number of nitrogens with one attached hydrogen (secondary N) is 1. The number of nitrogens with zero attached hydrogens (tertiary/aromatic N) is 3. The number of likely N-dealkylation sites (N-methyl/N-ethyl adjacent to an activating group) is 1. The summed E-state index contributed by atoms with van der Waals surface area (Å²) < 4.78 is 0. The van der Waals surface area contributed by atoms with Crippen molar-refractivity contribution in [1.29, 1.82) is 0 Å². The number of aromatic nitrogens is 1. The van der Waals surface area contributed by atoms with E-state index in [4.69, 9.17) is 0 Å². The van der Waals surface area contributed by atoms with Crippen molar-refractivity contribution in [2.24, 2.45) is 0 Å². The highest BCUT2D eigenvalue weighted by Gasteiger charge is 2.51. The minimum Gasteiger partial charge on any atom is -0.394 e. The van der Waals surface area contributed by atoms with Gasteiger partial charge in [0, 0.05) is 43.5 Å². The van der Waals surface area contributed by atoms with Crippen LogP contribution in [0.5, 0.6) is 0 Å². The first-order valence-corrected chi connectivity index (χ1v) is 9.84. The van der Waals surface area contributed by atoms with Crippen LogP contribution in [0.1, 0.15) is 35.7 Å². The molecular formula is C22H28N4O3. The van der Waals surface area contributed by atoms with Crippen molar-refractivity contribution >= 4 is 11.9 Å². The second-order valence-corrected chi connectivity index (χ2v) is 7.69. The maximum Gasteiger partial charge on any atom is 0.318 e. The number of benzene rings is 1. The van der Waals surface area contributed by atoms with Gasteiger partial charge < -0.3 is 20.2 Å². The second kappa shape index (κ2) is 9.05. The fourth-order valence-corrected chi connectivity index (χ4v) is 3.97. The van der Waals surface area contributed by atoms with Gasteiger partial charge in [-0.3, -0.25) is 9.78 Å². The molecule has 0 unspecified atom stereocenters. The van der Waals surface area contributed by atoms with Gasteiger partial charge in [0.05, 0.1) is 18.7 Å². The van der Waals surface area contributed by atoms with Gasteiger partial charge in [0.1, 0.15) is 0 Å². The Morgan fingerprint density at radius 3 is 2.38 bits per heavy atom. The number of pyridine rings is 1. The van der Waals surface area contributed by atoms with Crippen molar-refractivity contribution in [3.05, 3.63) is 66.0 Å². The fraction of sp³-hybridized carbons (Fsp3) is 0.409. The van der Waals surface area contributed by atoms with Gasteiger partial charge in [-0.1, -0.05) is 30.3 Å². The highest BCUT2D eigenvalue weighted by Crippen LogP contribution is 2.41. The van der Waals surface area contributed by atoms with Crippen molar-refractivity contribution < 1.29 is 14.7 Å². The lowest BCUT2D eigenvalue weighted by molar-refractivity contribution is -0.0190. The molecule has 3 atom stereocenters. The molecule has 2 aromatic rings. The summed E-state index contributed by atoms with van der Waals surface area (Å²) in [7, 11) is 1.73. The van der Waals surface area contributed by atoms with Crippen LogP contribution in [0.3, 0.4) is 0 Å². The fourth-order valence-electron chi connectivity index (χ4n) is 3.97. The quantitative estimate of drug-likeness (QED) is 0.783. The Bertz CT molecular complexity index is 828. The smallest absolute Gasteiger partial charge is 0.318 e. The summed E-state index contributed by atoms with van der Waals surface area (Å²) >= 11 is 0. The van der Waals surface area contributed by atoms with Crippen LogP contribution in [-0.2, 0) is 0 Å². The van der Waals surface area contributed by atoms with Crippen LogP contribution in [0.2, 0.25) is 0 Å². The van der Waals surface area contributed by atoms with Gasteiger partial charge in [0.15, 0.2) is 0 Å². The molecule has 1 aromatic carbocycles. The summed E-state index contributed by atoms with van der Waals surface area (Å²) in [6, 6.07) is 12.4. The van der Waals surface area contributed by atoms with Crippen molar-refractivity contribution in [2.75, 3.05) is 20.2 Å². The molecule has 3 rings (SSSR count). The topological polar surface area (TPSA) is 85.8 Å². The summed E-state index contributed by atoms with van der Waals surface area (Å²) in [5, 5.41) is 12.9. The second-order valence-electron chi connectivity index (χ2n) is 7.69. The van der Waals surface area contributed by atoms with Crippen LogP contribution in [0, 0.1) is 0 Å². The molecule has 1 saturated heterocycles. The van der Waals surface area contributed by atoms with Crippen LogP contribution in [0.4, 0.5) is 4.79 Å². The number of amides is 3. The number of aliphatic hydroxyl groups excluding tert-OH is 1. The molecule has 29 heavy (non-hydrogen) atoms. The van der Waals surface area contributed by atoms with E-state index in [1.54, 1.807) is 41.4 Å². The molecule has 3 amide bonds. The zero-order valence-corrected chi connectivity index (χ0v) is 17.0. The molecule has 1 aliphatic rings. The highest BCUT2D eigenvalue weighted by atomic mass is 16.3. The molecule has 1 aliphatic heterocycles. The van der Waals surface area contributed by atoms with E-state index in [1.807, 2.05) is 44.2 Å². The van der Waals surface area contributed by atoms with E-state index in [9.17, 15) is 14.7 Å². The average molecular weight is 396 g/mol. The van der Waals surface area contributed by atoms with Gasteiger partial charge in [-0.25, -0.2) is 4.79 Å². The van der Waals surface area contributed by atoms with Crippen molar-refractivity contribution in [3.63, 3.8) is 0 Å². The number of urea groups is 1. The molecule has 2 N–H and O–H groups in total. The van der Waals surface area contributed by atoms with E-state index >= 15 is 0 Å². The van der Waals surface area contributed by atoms with E-state index in [2.05, 4.69) is 10.3 Å². The molecule has 0 saturated carbocycles. The van der Waals surface area contributed by atoms with Crippen LogP contribution >= 0.6 is 0 Å². The van der Waals surface area contributed by atoms with Crippen LogP contribution in [0.25, 0.3) is 0 Å². The van der Waals surface area contributed by atoms with Gasteiger partial charge in [-0.15, -0.1) is 0 Å². The lowest BCUT2D eigenvalue weighted by Crippen LogP contribution is -2.70. The SMILES string of the molecule is CC(C)NC(=O)N1[C@H](CO)[C@@H](c2ccccc2)[C@@H]1CN(C)C(=O)c1ccncc1. The Hall–Kier alpha value is -2.93. The Morgan fingerprint density at radius 1 is 1.14 bits per heavy atom. The molecule has 154 valence electrons. The standard InChI is InChI=1S/C22H28N4O3/c1-15(2)24-22(29)26-18(13-25(3)21(28)17-9-11-23-12-10-17)20(19(26)14-27)16-7-5-4-6-8-16/h4-12,15,18-20,27H,13-14H2,1-3H3,(H,24,29)/t18-,19+,20-/m0/s1. The van der Waals surface area contributed by atoms with Gasteiger partial charge in [-0.2, -0.15) is 0 Å². The van der Waals surface area contributed by atoms with Crippen LogP contribution < -0.4 is 5.32 Å². The van der Waals surface area contributed by atoms with Crippen LogP contribution in [-0.4, -0.2) is 70.2 Å². The van der Waals surface area contributed by atoms with E-state index in [1.165, 1.54) is 0 Å². The van der Waals surface area contributed by atoms with E-state index in [0.717, 1.165) is 5.56 Å². The summed E-state index contributed by atoms with van der Waals surface area (Å²) in [6.45, 7) is 4.02. The summed E-state index contributed by atoms with van der Waals surface area (Å²) in [5.74, 6) is -0.178. The zero-order chi connectivity index (χ0) is 21.0. The molecule has 0 spiro atoms. The van der Waals surface area contributed by atoms with Crippen molar-refractivity contribution in [1.82, 2.24) is 20.1 Å². The van der Waals surface area contributed by atoms with Gasteiger partial charge in [0.25, 0.3) is 5.91 Å². The first kappa shape index (κ1) is 20.8. The number of aliphatic hydroxyl groups is 1. The predicted molar refractivity (Wildman–Crippen MR) is 111 cm³/mol. The van der Waals surface area contributed by atoms with Crippen LogP contribution in [0.15, 0.2) is 54.9 Å². The Balaban J connectivity index is 1.85. The number of hydrogen-bond acceptors (Lipinski definition) is 4. The largest absolute Gasteiger partial charge is 0.394 e. The van der Waals surface area contributed by atoms with E-state index in [0.29, 0.717) is 12.1 Å². The van der Waals surface area contributed by atoms with Crippen molar-refractivity contribution in [2.45, 2.75) is 37.9 Å². The summed E-state index contributed by atoms with van der Waals surface area (Å²) in [6.07, 6.45) is 3.17. The van der Waals surface area contributed by atoms with Gasteiger partial charge >= 0.3 is 6.03 Å². The lowest BCUT2D eigenvalue weighted by Gasteiger charge is -2.55. The van der Waals surface area contributed by atoms with Gasteiger partial charge in [-0.05, 0) is 31.5 Å². The molecule has 1 fully saturated rings. The number of rotatable bonds is 6. The molecule has 7 nitrogen and oxygen atoms in total. The maximum atomic E-state index is 12.8. The average Bonchev–Trinajstić information content (AvgIpc) is 2.71. The molecule has 1 aromatic heterocycles. The monoisotopic (exact) mass is 396 g/mol. The molecule has 0 bridgehead atoms. The summed E-state index contributed by atoms with van der Waals surface area (Å²) in [4.78, 5) is 32.9. The first-order valence-electron chi connectivity index (χ1n) is 9.84. The molecular weight excluding hydrogens is 368 g/mol. The number of hydrogen-bond donors (Lipinski definition) is 2. The molecule has 0 radical (unpaired) electrons. The number of carbonyl (C=O) groups excluding carboxylic acids is 2. The molecule has 0 aliphatic carbocycles. The Labute approximate surface area is 171 Å². The first-order chi connectivity index (χ1) is 13.9. The van der Waals surface area contributed by atoms with E-state index in [-0.39, 0.29) is 42.6 Å². The van der Waals surface area contributed by atoms with E-state index < -0.39 is 0 Å². The lowest BCUT2D eigenvalue weighted by atomic mass is 9.75. The van der Waals surface area contributed by atoms with Gasteiger partial charge in [0.2, 0.25) is 0 Å². The Morgan fingerprint density at radius 2 is 1.79 bits per heavy atom. The third-order valence-electron chi connectivity index (χ3n) is 5.30. The van der Waals surface area contributed by atoms with Crippen molar-refractivity contribution in [3.8, 4) is 0 Å². The highest BCUT2D eigenvalue weighted by molar-refractivity contribution is 5.94. The predicted octanol–water partition coefficient (Wildman–Crippen LogP) is 2.10. The number of likely N-dealkylation sites (tertiary alicyclic amines) is 1. The normalized spacial score (nSPS) is 20.9. The zero-order valence-electron chi connectivity index (χ0n) is 17.0. The molecule has 7 heteroatoms. The number of carbonyl (C=O) groups is 2. The minimum atomic E-state index is -0.328. The maximum absolute atomic E-state index is 12.8. The third kappa shape index (κ3) is 4.40. The molecule has 2 heterocycles. The third-order valence-corrected chi connectivity index (χ3v) is 5.30. The Kier molecular flexibility index (Phi) is 6.49. The minimum absolute atomic E-state index is 0.0190.